The van der Waals surface area contributed by atoms with Crippen molar-refractivity contribution < 1.29 is 0 Å². The minimum absolute atomic E-state index is 0.126. The van der Waals surface area contributed by atoms with Gasteiger partial charge in [-0.1, -0.05) is 6.07 Å². The van der Waals surface area contributed by atoms with Gasteiger partial charge in [0.05, 0.1) is 11.0 Å². The van der Waals surface area contributed by atoms with Crippen LogP contribution in [-0.2, 0) is 6.42 Å². The molecule has 90 valence electrons. The standard InChI is InChI=1S/C13H17N3O/c17-13-15-11-2-1-10(8-12(11)16-13)7-9-3-5-14-6-4-9/h1-2,8-9,14H,3-7H2,(H2,15,16,17). The van der Waals surface area contributed by atoms with Crippen molar-refractivity contribution in [2.24, 2.45) is 5.92 Å². The monoisotopic (exact) mass is 231 g/mol. The molecule has 3 rings (SSSR count). The zero-order valence-electron chi connectivity index (χ0n) is 9.75. The van der Waals surface area contributed by atoms with Crippen molar-refractivity contribution in [2.75, 3.05) is 13.1 Å². The van der Waals surface area contributed by atoms with Crippen molar-refractivity contribution in [1.29, 1.82) is 0 Å². The van der Waals surface area contributed by atoms with E-state index in [-0.39, 0.29) is 5.69 Å². The molecule has 4 heteroatoms. The van der Waals surface area contributed by atoms with Crippen LogP contribution in [0.25, 0.3) is 11.0 Å². The zero-order valence-corrected chi connectivity index (χ0v) is 9.75. The van der Waals surface area contributed by atoms with E-state index < -0.39 is 0 Å². The Morgan fingerprint density at radius 2 is 1.88 bits per heavy atom. The molecule has 1 aliphatic rings. The lowest BCUT2D eigenvalue weighted by molar-refractivity contribution is 0.373. The number of H-pyrrole nitrogens is 2. The number of aromatic amines is 2. The Morgan fingerprint density at radius 3 is 2.71 bits per heavy atom. The van der Waals surface area contributed by atoms with E-state index in [2.05, 4.69) is 27.4 Å². The van der Waals surface area contributed by atoms with Crippen LogP contribution in [0.1, 0.15) is 18.4 Å². The Bertz CT molecular complexity index is 563. The highest BCUT2D eigenvalue weighted by atomic mass is 16.1. The second kappa shape index (κ2) is 4.37. The normalized spacial score (nSPS) is 17.6. The first kappa shape index (κ1) is 10.6. The lowest BCUT2D eigenvalue weighted by Crippen LogP contribution is -2.28. The number of benzene rings is 1. The minimum atomic E-state index is -0.126. The summed E-state index contributed by atoms with van der Waals surface area (Å²) in [6.45, 7) is 2.27. The van der Waals surface area contributed by atoms with Gasteiger partial charge in [0, 0.05) is 0 Å². The molecule has 4 nitrogen and oxygen atoms in total. The molecule has 0 amide bonds. The quantitative estimate of drug-likeness (QED) is 0.731. The first-order valence-electron chi connectivity index (χ1n) is 6.23. The molecular formula is C13H17N3O. The van der Waals surface area contributed by atoms with Crippen LogP contribution >= 0.6 is 0 Å². The summed E-state index contributed by atoms with van der Waals surface area (Å²) in [6, 6.07) is 6.20. The van der Waals surface area contributed by atoms with E-state index in [1.165, 1.54) is 18.4 Å². The van der Waals surface area contributed by atoms with E-state index in [9.17, 15) is 4.79 Å². The minimum Gasteiger partial charge on any atom is -0.317 e. The molecule has 1 aliphatic heterocycles. The van der Waals surface area contributed by atoms with E-state index in [0.717, 1.165) is 36.5 Å². The molecule has 0 unspecified atom stereocenters. The molecule has 2 aromatic rings. The van der Waals surface area contributed by atoms with Crippen LogP contribution in [0, 0.1) is 5.92 Å². The lowest BCUT2D eigenvalue weighted by atomic mass is 9.91. The topological polar surface area (TPSA) is 60.7 Å². The van der Waals surface area contributed by atoms with Gasteiger partial charge in [0.2, 0.25) is 0 Å². The van der Waals surface area contributed by atoms with E-state index in [0.29, 0.717) is 0 Å². The summed E-state index contributed by atoms with van der Waals surface area (Å²) in [5.41, 5.74) is 3.00. The number of hydrogen-bond acceptors (Lipinski definition) is 2. The van der Waals surface area contributed by atoms with Crippen LogP contribution in [-0.4, -0.2) is 23.1 Å². The van der Waals surface area contributed by atoms with Gasteiger partial charge >= 0.3 is 5.69 Å². The summed E-state index contributed by atoms with van der Waals surface area (Å²) < 4.78 is 0. The maximum absolute atomic E-state index is 11.2. The fourth-order valence-electron chi connectivity index (χ4n) is 2.63. The van der Waals surface area contributed by atoms with E-state index in [1.54, 1.807) is 0 Å². The Labute approximate surface area is 99.4 Å². The third kappa shape index (κ3) is 2.26. The molecule has 0 atom stereocenters. The fraction of sp³-hybridized carbons (Fsp3) is 0.462. The third-order valence-corrected chi connectivity index (χ3v) is 3.56. The molecule has 0 spiro atoms. The van der Waals surface area contributed by atoms with Crippen LogP contribution in [0.5, 0.6) is 0 Å². The summed E-state index contributed by atoms with van der Waals surface area (Å²) in [4.78, 5) is 16.8. The molecule has 1 saturated heterocycles. The Balaban J connectivity index is 1.82. The number of nitrogens with one attached hydrogen (secondary N) is 3. The van der Waals surface area contributed by atoms with Crippen LogP contribution in [0.2, 0.25) is 0 Å². The van der Waals surface area contributed by atoms with Gasteiger partial charge in [0.25, 0.3) is 0 Å². The number of hydrogen-bond donors (Lipinski definition) is 3. The molecule has 0 aliphatic carbocycles. The van der Waals surface area contributed by atoms with Gasteiger partial charge in [-0.25, -0.2) is 4.79 Å². The second-order valence-electron chi connectivity index (χ2n) is 4.86. The fourth-order valence-corrected chi connectivity index (χ4v) is 2.63. The molecule has 17 heavy (non-hydrogen) atoms. The molecule has 2 heterocycles. The SMILES string of the molecule is O=c1[nH]c2ccc(CC3CCNCC3)cc2[nH]1. The molecule has 0 bridgehead atoms. The molecule has 1 aromatic carbocycles. The Morgan fingerprint density at radius 1 is 1.12 bits per heavy atom. The van der Waals surface area contributed by atoms with Crippen LogP contribution in [0.15, 0.2) is 23.0 Å². The van der Waals surface area contributed by atoms with Crippen molar-refractivity contribution in [3.05, 3.63) is 34.2 Å². The summed E-state index contributed by atoms with van der Waals surface area (Å²) >= 11 is 0. The van der Waals surface area contributed by atoms with Gasteiger partial charge in [0.15, 0.2) is 0 Å². The van der Waals surface area contributed by atoms with Crippen LogP contribution < -0.4 is 11.0 Å². The molecule has 0 radical (unpaired) electrons. The number of rotatable bonds is 2. The van der Waals surface area contributed by atoms with Crippen LogP contribution in [0.4, 0.5) is 0 Å². The number of imidazole rings is 1. The highest BCUT2D eigenvalue weighted by Crippen LogP contribution is 2.19. The van der Waals surface area contributed by atoms with Crippen molar-refractivity contribution in [1.82, 2.24) is 15.3 Å². The van der Waals surface area contributed by atoms with Gasteiger partial charge in [-0.05, 0) is 56.0 Å². The Hall–Kier alpha value is -1.55. The average molecular weight is 231 g/mol. The third-order valence-electron chi connectivity index (χ3n) is 3.56. The van der Waals surface area contributed by atoms with Crippen molar-refractivity contribution >= 4 is 11.0 Å². The van der Waals surface area contributed by atoms with Crippen molar-refractivity contribution in [2.45, 2.75) is 19.3 Å². The van der Waals surface area contributed by atoms with E-state index in [1.807, 2.05) is 6.07 Å². The summed E-state index contributed by atoms with van der Waals surface area (Å²) in [5.74, 6) is 0.777. The predicted octanol–water partition coefficient (Wildman–Crippen LogP) is 1.40. The molecular weight excluding hydrogens is 214 g/mol. The van der Waals surface area contributed by atoms with Gasteiger partial charge < -0.3 is 15.3 Å². The van der Waals surface area contributed by atoms with Gasteiger partial charge in [-0.15, -0.1) is 0 Å². The second-order valence-corrected chi connectivity index (χ2v) is 4.86. The lowest BCUT2D eigenvalue weighted by Gasteiger charge is -2.22. The van der Waals surface area contributed by atoms with E-state index >= 15 is 0 Å². The van der Waals surface area contributed by atoms with Gasteiger partial charge in [0.1, 0.15) is 0 Å². The average Bonchev–Trinajstić information content (AvgIpc) is 2.70. The maximum Gasteiger partial charge on any atom is 0.323 e. The number of piperidine rings is 1. The Kier molecular flexibility index (Phi) is 2.73. The largest absolute Gasteiger partial charge is 0.323 e. The summed E-state index contributed by atoms with van der Waals surface area (Å²) in [6.07, 6.45) is 3.62. The molecule has 3 N–H and O–H groups in total. The van der Waals surface area contributed by atoms with Gasteiger partial charge in [-0.2, -0.15) is 0 Å². The highest BCUT2D eigenvalue weighted by Gasteiger charge is 2.13. The van der Waals surface area contributed by atoms with Crippen LogP contribution in [0.3, 0.4) is 0 Å². The van der Waals surface area contributed by atoms with Crippen molar-refractivity contribution in [3.8, 4) is 0 Å². The van der Waals surface area contributed by atoms with Crippen molar-refractivity contribution in [3.63, 3.8) is 0 Å². The molecule has 0 saturated carbocycles. The maximum atomic E-state index is 11.2. The highest BCUT2D eigenvalue weighted by molar-refractivity contribution is 5.74. The molecule has 1 fully saturated rings. The predicted molar refractivity (Wildman–Crippen MR) is 68.2 cm³/mol. The smallest absolute Gasteiger partial charge is 0.317 e. The van der Waals surface area contributed by atoms with Gasteiger partial charge in [-0.3, -0.25) is 0 Å². The summed E-state index contributed by atoms with van der Waals surface area (Å²) in [5, 5.41) is 3.38. The number of fused-ring (bicyclic) bond motifs is 1. The first-order chi connectivity index (χ1) is 8.31. The molecule has 1 aromatic heterocycles. The zero-order chi connectivity index (χ0) is 11.7. The van der Waals surface area contributed by atoms with E-state index in [4.69, 9.17) is 0 Å². The first-order valence-corrected chi connectivity index (χ1v) is 6.23. The number of aromatic nitrogens is 2. The summed E-state index contributed by atoms with van der Waals surface area (Å²) in [7, 11) is 0.